The minimum absolute atomic E-state index is 0.0269. The number of thioether (sulfide) groups is 1. The minimum atomic E-state index is 0.0269. The molecule has 1 amide bonds. The van der Waals surface area contributed by atoms with Gasteiger partial charge in [-0.2, -0.15) is 0 Å². The summed E-state index contributed by atoms with van der Waals surface area (Å²) in [7, 11) is 1.63. The summed E-state index contributed by atoms with van der Waals surface area (Å²) >= 11 is 7.78. The summed E-state index contributed by atoms with van der Waals surface area (Å²) in [6.45, 7) is 8.96. The molecule has 0 atom stereocenters. The molecule has 162 valence electrons. The van der Waals surface area contributed by atoms with Gasteiger partial charge in [0.2, 0.25) is 5.91 Å². The predicted molar refractivity (Wildman–Crippen MR) is 126 cm³/mol. The second kappa shape index (κ2) is 10.5. The first-order valence-electron chi connectivity index (χ1n) is 9.84. The number of likely N-dealkylation sites (N-methyl/N-ethyl adjacent to an activating group) is 1. The summed E-state index contributed by atoms with van der Waals surface area (Å²) in [6, 6.07) is 15.1. The normalized spacial score (nSPS) is 10.7. The van der Waals surface area contributed by atoms with E-state index in [0.29, 0.717) is 29.1 Å². The maximum absolute atomic E-state index is 12.7. The highest BCUT2D eigenvalue weighted by molar-refractivity contribution is 7.99. The Morgan fingerprint density at radius 3 is 2.52 bits per heavy atom. The van der Waals surface area contributed by atoms with Crippen molar-refractivity contribution in [2.45, 2.75) is 19.0 Å². The quantitative estimate of drug-likeness (QED) is 0.330. The van der Waals surface area contributed by atoms with Crippen LogP contribution in [-0.4, -0.2) is 51.5 Å². The zero-order chi connectivity index (χ0) is 22.4. The fourth-order valence-electron chi connectivity index (χ4n) is 3.06. The Morgan fingerprint density at radius 2 is 1.90 bits per heavy atom. The van der Waals surface area contributed by atoms with E-state index >= 15 is 0 Å². The third-order valence-electron chi connectivity index (χ3n) is 4.60. The lowest BCUT2D eigenvalue weighted by Crippen LogP contribution is -2.33. The second-order valence-corrected chi connectivity index (χ2v) is 8.32. The molecule has 0 saturated carbocycles. The molecule has 0 aliphatic heterocycles. The van der Waals surface area contributed by atoms with Crippen LogP contribution in [0.2, 0.25) is 5.02 Å². The molecule has 1 heterocycles. The molecule has 8 heteroatoms. The Labute approximate surface area is 191 Å². The van der Waals surface area contributed by atoms with Gasteiger partial charge in [-0.25, -0.2) is 0 Å². The van der Waals surface area contributed by atoms with Crippen LogP contribution in [0.4, 0.5) is 0 Å². The monoisotopic (exact) mass is 456 g/mol. The summed E-state index contributed by atoms with van der Waals surface area (Å²) in [5.74, 6) is 1.63. The Bertz CT molecular complexity index is 1070. The number of benzene rings is 2. The van der Waals surface area contributed by atoms with E-state index in [1.165, 1.54) is 11.8 Å². The summed E-state index contributed by atoms with van der Waals surface area (Å²) in [4.78, 5) is 14.5. The summed E-state index contributed by atoms with van der Waals surface area (Å²) in [5, 5.41) is 9.95. The number of carbonyl (C=O) groups is 1. The number of aromatic nitrogens is 3. The third kappa shape index (κ3) is 5.48. The molecule has 0 radical (unpaired) electrons. The number of carbonyl (C=O) groups excluding carboxylic acids is 1. The Morgan fingerprint density at radius 1 is 1.19 bits per heavy atom. The van der Waals surface area contributed by atoms with Crippen molar-refractivity contribution in [2.75, 3.05) is 26.0 Å². The van der Waals surface area contributed by atoms with Crippen LogP contribution in [0.3, 0.4) is 0 Å². The van der Waals surface area contributed by atoms with Gasteiger partial charge in [-0.1, -0.05) is 47.6 Å². The average Bonchev–Trinajstić information content (AvgIpc) is 3.19. The molecule has 3 aromatic rings. The predicted octanol–water partition coefficient (Wildman–Crippen LogP) is 5.11. The number of ether oxygens (including phenoxy) is 1. The average molecular weight is 457 g/mol. The molecule has 0 fully saturated rings. The Kier molecular flexibility index (Phi) is 7.76. The highest BCUT2D eigenvalue weighted by Crippen LogP contribution is 2.32. The van der Waals surface area contributed by atoms with Crippen LogP contribution in [0, 0.1) is 0 Å². The molecule has 3 rings (SSSR count). The number of amides is 1. The molecule has 0 N–H and O–H groups in total. The zero-order valence-electron chi connectivity index (χ0n) is 17.8. The van der Waals surface area contributed by atoms with Crippen LogP contribution in [0.1, 0.15) is 13.8 Å². The van der Waals surface area contributed by atoms with E-state index in [1.807, 2.05) is 66.9 Å². The third-order valence-corrected chi connectivity index (χ3v) is 5.84. The van der Waals surface area contributed by atoms with Crippen molar-refractivity contribution in [3.8, 4) is 22.8 Å². The Hall–Kier alpha value is -2.77. The number of rotatable bonds is 9. The Balaban J connectivity index is 1.96. The molecule has 1 aromatic heterocycles. The molecule has 0 saturated heterocycles. The smallest absolute Gasteiger partial charge is 0.233 e. The fraction of sp³-hybridized carbons (Fsp3) is 0.261. The lowest BCUT2D eigenvalue weighted by molar-refractivity contribution is -0.127. The van der Waals surface area contributed by atoms with E-state index in [2.05, 4.69) is 16.8 Å². The van der Waals surface area contributed by atoms with Crippen LogP contribution in [0.5, 0.6) is 5.75 Å². The lowest BCUT2D eigenvalue weighted by Gasteiger charge is -2.20. The van der Waals surface area contributed by atoms with Gasteiger partial charge in [0, 0.05) is 24.3 Å². The highest BCUT2D eigenvalue weighted by Gasteiger charge is 2.20. The SMILES string of the molecule is C=C(C)CN(CC)C(=O)CSc1nnc(-c2ccccc2Cl)n1-c1ccc(OC)cc1. The summed E-state index contributed by atoms with van der Waals surface area (Å²) in [5.41, 5.74) is 2.57. The van der Waals surface area contributed by atoms with Gasteiger partial charge in [0.1, 0.15) is 5.75 Å². The number of methoxy groups -OCH3 is 1. The van der Waals surface area contributed by atoms with E-state index < -0.39 is 0 Å². The largest absolute Gasteiger partial charge is 0.497 e. The maximum atomic E-state index is 12.7. The number of halogens is 1. The van der Waals surface area contributed by atoms with Crippen LogP contribution in [0.15, 0.2) is 65.8 Å². The van der Waals surface area contributed by atoms with E-state index in [1.54, 1.807) is 12.0 Å². The lowest BCUT2D eigenvalue weighted by atomic mass is 10.2. The number of hydrogen-bond donors (Lipinski definition) is 0. The van der Waals surface area contributed by atoms with Crippen molar-refractivity contribution < 1.29 is 9.53 Å². The molecule has 31 heavy (non-hydrogen) atoms. The van der Waals surface area contributed by atoms with Gasteiger partial charge in [-0.05, 0) is 50.2 Å². The molecule has 0 spiro atoms. The summed E-state index contributed by atoms with van der Waals surface area (Å²) < 4.78 is 7.19. The van der Waals surface area contributed by atoms with E-state index in [-0.39, 0.29) is 11.7 Å². The number of nitrogens with zero attached hydrogens (tertiary/aromatic N) is 4. The molecule has 6 nitrogen and oxygen atoms in total. The molecule has 2 aromatic carbocycles. The molecule has 0 unspecified atom stereocenters. The fourth-order valence-corrected chi connectivity index (χ4v) is 4.14. The molecule has 0 bridgehead atoms. The van der Waals surface area contributed by atoms with Gasteiger partial charge in [-0.3, -0.25) is 9.36 Å². The second-order valence-electron chi connectivity index (χ2n) is 6.97. The molecule has 0 aliphatic rings. The van der Waals surface area contributed by atoms with Crippen LogP contribution < -0.4 is 4.74 Å². The first-order valence-corrected chi connectivity index (χ1v) is 11.2. The van der Waals surface area contributed by atoms with Crippen molar-refractivity contribution in [1.29, 1.82) is 0 Å². The first kappa shape index (κ1) is 22.9. The first-order chi connectivity index (χ1) is 14.9. The minimum Gasteiger partial charge on any atom is -0.497 e. The topological polar surface area (TPSA) is 60.2 Å². The standard InChI is InChI=1S/C23H25ClN4O2S/c1-5-27(14-16(2)3)21(29)15-31-23-26-25-22(19-8-6-7-9-20(19)24)28(23)17-10-12-18(30-4)13-11-17/h6-13H,2,5,14-15H2,1,3-4H3. The van der Waals surface area contributed by atoms with Crippen molar-refractivity contribution in [2.24, 2.45) is 0 Å². The molecular formula is C23H25ClN4O2S. The van der Waals surface area contributed by atoms with E-state index in [0.717, 1.165) is 22.6 Å². The van der Waals surface area contributed by atoms with E-state index in [9.17, 15) is 4.79 Å². The van der Waals surface area contributed by atoms with Crippen molar-refractivity contribution in [3.05, 3.63) is 65.7 Å². The maximum Gasteiger partial charge on any atom is 0.233 e. The van der Waals surface area contributed by atoms with Crippen molar-refractivity contribution >= 4 is 29.3 Å². The molecular weight excluding hydrogens is 432 g/mol. The van der Waals surface area contributed by atoms with Gasteiger partial charge >= 0.3 is 0 Å². The van der Waals surface area contributed by atoms with Crippen molar-refractivity contribution in [3.63, 3.8) is 0 Å². The zero-order valence-corrected chi connectivity index (χ0v) is 19.4. The van der Waals surface area contributed by atoms with Crippen LogP contribution in [-0.2, 0) is 4.79 Å². The highest BCUT2D eigenvalue weighted by atomic mass is 35.5. The van der Waals surface area contributed by atoms with Gasteiger partial charge in [0.25, 0.3) is 0 Å². The number of hydrogen-bond acceptors (Lipinski definition) is 5. The van der Waals surface area contributed by atoms with Gasteiger partial charge in [-0.15, -0.1) is 10.2 Å². The van der Waals surface area contributed by atoms with Crippen LogP contribution >= 0.6 is 23.4 Å². The van der Waals surface area contributed by atoms with E-state index in [4.69, 9.17) is 16.3 Å². The van der Waals surface area contributed by atoms with Gasteiger partial charge < -0.3 is 9.64 Å². The molecule has 0 aliphatic carbocycles. The van der Waals surface area contributed by atoms with Gasteiger partial charge in [0.05, 0.1) is 17.9 Å². The van der Waals surface area contributed by atoms with Crippen molar-refractivity contribution in [1.82, 2.24) is 19.7 Å². The summed E-state index contributed by atoms with van der Waals surface area (Å²) in [6.07, 6.45) is 0. The van der Waals surface area contributed by atoms with Crippen LogP contribution in [0.25, 0.3) is 17.1 Å². The van der Waals surface area contributed by atoms with Gasteiger partial charge in [0.15, 0.2) is 11.0 Å².